The number of carbonyl (C=O) groups excluding carboxylic acids is 1. The maximum Gasteiger partial charge on any atom is 0.263 e. The molecule has 2 heterocycles. The summed E-state index contributed by atoms with van der Waals surface area (Å²) in [6, 6.07) is 1.40. The second-order valence-corrected chi connectivity index (χ2v) is 8.20. The van der Waals surface area contributed by atoms with Gasteiger partial charge in [-0.3, -0.25) is 14.2 Å². The molecule has 2 aromatic rings. The number of hydrogen-bond donors (Lipinski definition) is 1. The Morgan fingerprint density at radius 2 is 2.03 bits per heavy atom. The Labute approximate surface area is 171 Å². The molecule has 6 nitrogen and oxygen atoms in total. The van der Waals surface area contributed by atoms with Crippen LogP contribution in [0.1, 0.15) is 75.6 Å². The number of amides is 1. The molecule has 1 amide bonds. The summed E-state index contributed by atoms with van der Waals surface area (Å²) in [5.74, 6) is -0.113. The number of aromatic nitrogens is 3. The Bertz CT molecular complexity index is 992. The molecule has 2 aliphatic carbocycles. The van der Waals surface area contributed by atoms with E-state index in [0.717, 1.165) is 56.2 Å². The highest BCUT2D eigenvalue weighted by Gasteiger charge is 2.22. The van der Waals surface area contributed by atoms with E-state index in [9.17, 15) is 9.59 Å². The number of pyridine rings is 1. The van der Waals surface area contributed by atoms with E-state index in [1.54, 1.807) is 0 Å². The Balaban J connectivity index is 1.53. The van der Waals surface area contributed by atoms with Crippen LogP contribution in [0, 0.1) is 0 Å². The van der Waals surface area contributed by atoms with E-state index >= 15 is 0 Å². The van der Waals surface area contributed by atoms with Gasteiger partial charge in [0.15, 0.2) is 5.65 Å². The van der Waals surface area contributed by atoms with Crippen LogP contribution in [-0.2, 0) is 17.6 Å². The number of carbonyl (C=O) groups is 1. The van der Waals surface area contributed by atoms with Crippen LogP contribution in [0.15, 0.2) is 28.8 Å². The minimum atomic E-state index is -0.546. The summed E-state index contributed by atoms with van der Waals surface area (Å²) < 4.78 is 1.48. The number of nitrogens with one attached hydrogen (secondary N) is 1. The first-order valence-corrected chi connectivity index (χ1v) is 11.0. The molecule has 0 fully saturated rings. The number of allylic oxidation sites excluding steroid dienone is 1. The highest BCUT2D eigenvalue weighted by atomic mass is 16.2. The van der Waals surface area contributed by atoms with Gasteiger partial charge in [-0.2, -0.15) is 0 Å². The fourth-order valence-electron chi connectivity index (χ4n) is 4.51. The van der Waals surface area contributed by atoms with Gasteiger partial charge in [-0.1, -0.05) is 18.6 Å². The van der Waals surface area contributed by atoms with Crippen LogP contribution in [0.2, 0.25) is 0 Å². The van der Waals surface area contributed by atoms with Gasteiger partial charge < -0.3 is 5.32 Å². The zero-order valence-electron chi connectivity index (χ0n) is 17.2. The van der Waals surface area contributed by atoms with Crippen LogP contribution in [0.25, 0.3) is 11.0 Å². The molecule has 1 N–H and O–H groups in total. The molecule has 0 saturated heterocycles. The smallest absolute Gasteiger partial charge is 0.263 e. The second kappa shape index (κ2) is 8.89. The van der Waals surface area contributed by atoms with Gasteiger partial charge in [0.2, 0.25) is 5.91 Å². The van der Waals surface area contributed by atoms with Crippen LogP contribution in [0.3, 0.4) is 0 Å². The van der Waals surface area contributed by atoms with Crippen molar-refractivity contribution in [3.05, 3.63) is 45.7 Å². The van der Waals surface area contributed by atoms with E-state index < -0.39 is 6.04 Å². The third-order valence-corrected chi connectivity index (χ3v) is 6.21. The Morgan fingerprint density at radius 1 is 1.21 bits per heavy atom. The fraction of sp³-hybridized carbons (Fsp3) is 0.565. The first-order chi connectivity index (χ1) is 14.2. The van der Waals surface area contributed by atoms with Gasteiger partial charge in [-0.25, -0.2) is 9.97 Å². The summed E-state index contributed by atoms with van der Waals surface area (Å²) in [6.45, 7) is 2.54. The molecule has 29 heavy (non-hydrogen) atoms. The molecule has 0 unspecified atom stereocenters. The summed E-state index contributed by atoms with van der Waals surface area (Å²) in [5, 5.41) is 3.54. The van der Waals surface area contributed by atoms with E-state index in [4.69, 9.17) is 0 Å². The lowest BCUT2D eigenvalue weighted by Gasteiger charge is -2.19. The van der Waals surface area contributed by atoms with E-state index in [1.807, 2.05) is 13.0 Å². The van der Waals surface area contributed by atoms with E-state index in [-0.39, 0.29) is 11.5 Å². The highest BCUT2D eigenvalue weighted by Crippen LogP contribution is 2.22. The van der Waals surface area contributed by atoms with Gasteiger partial charge in [0.1, 0.15) is 12.4 Å². The fourth-order valence-corrected chi connectivity index (χ4v) is 4.51. The number of hydrogen-bond acceptors (Lipinski definition) is 4. The lowest BCUT2D eigenvalue weighted by molar-refractivity contribution is -0.124. The van der Waals surface area contributed by atoms with Crippen molar-refractivity contribution in [1.82, 2.24) is 19.9 Å². The molecule has 0 bridgehead atoms. The number of nitrogens with zero attached hydrogens (tertiary/aromatic N) is 3. The lowest BCUT2D eigenvalue weighted by Crippen LogP contribution is -2.37. The third kappa shape index (κ3) is 4.26. The van der Waals surface area contributed by atoms with E-state index in [0.29, 0.717) is 24.0 Å². The lowest BCUT2D eigenvalue weighted by atomic mass is 9.95. The average Bonchev–Trinajstić information content (AvgIpc) is 2.75. The van der Waals surface area contributed by atoms with E-state index in [1.165, 1.54) is 29.3 Å². The van der Waals surface area contributed by atoms with Crippen molar-refractivity contribution in [1.29, 1.82) is 0 Å². The molecular formula is C23H30N4O2. The number of fused-ring (bicyclic) bond motifs is 2. The molecule has 0 aliphatic heterocycles. The van der Waals surface area contributed by atoms with Crippen molar-refractivity contribution in [3.8, 4) is 0 Å². The maximum atomic E-state index is 13.1. The summed E-state index contributed by atoms with van der Waals surface area (Å²) >= 11 is 0. The van der Waals surface area contributed by atoms with Gasteiger partial charge in [-0.15, -0.1) is 0 Å². The predicted octanol–water partition coefficient (Wildman–Crippen LogP) is 3.63. The molecule has 0 spiro atoms. The molecule has 1 atom stereocenters. The van der Waals surface area contributed by atoms with Crippen molar-refractivity contribution in [3.63, 3.8) is 0 Å². The Hall–Kier alpha value is -2.50. The van der Waals surface area contributed by atoms with Gasteiger partial charge in [-0.05, 0) is 75.8 Å². The Morgan fingerprint density at radius 3 is 2.83 bits per heavy atom. The topological polar surface area (TPSA) is 76.9 Å². The quantitative estimate of drug-likeness (QED) is 0.759. The van der Waals surface area contributed by atoms with Crippen molar-refractivity contribution < 1.29 is 4.79 Å². The molecule has 4 rings (SSSR count). The van der Waals surface area contributed by atoms with Gasteiger partial charge in [0, 0.05) is 12.2 Å². The van der Waals surface area contributed by atoms with Crippen LogP contribution in [-0.4, -0.2) is 27.0 Å². The third-order valence-electron chi connectivity index (χ3n) is 6.21. The van der Waals surface area contributed by atoms with Crippen LogP contribution < -0.4 is 10.9 Å². The normalized spacial score (nSPS) is 17.5. The molecule has 0 aromatic carbocycles. The zero-order valence-corrected chi connectivity index (χ0v) is 17.2. The van der Waals surface area contributed by atoms with Gasteiger partial charge in [0.25, 0.3) is 5.56 Å². The molecule has 2 aromatic heterocycles. The van der Waals surface area contributed by atoms with Gasteiger partial charge in [0.05, 0.1) is 5.39 Å². The summed E-state index contributed by atoms with van der Waals surface area (Å²) in [4.78, 5) is 35.0. The number of aryl methyl sites for hydroxylation is 2. The Kier molecular flexibility index (Phi) is 6.07. The first kappa shape index (κ1) is 19.8. The van der Waals surface area contributed by atoms with Crippen molar-refractivity contribution in [2.24, 2.45) is 0 Å². The highest BCUT2D eigenvalue weighted by molar-refractivity contribution is 5.81. The standard InChI is InChI=1S/C23H30N4O2/c1-2-20(22(28)24-13-12-16-8-4-3-5-9-16)27-15-25-21-18(23(27)29)14-17-10-6-7-11-19(17)26-21/h8,14-15,20H,2-7,9-13H2,1H3,(H,24,28)/t20-/m0/s1. The van der Waals surface area contributed by atoms with Crippen molar-refractivity contribution >= 4 is 16.9 Å². The maximum absolute atomic E-state index is 13.1. The molecular weight excluding hydrogens is 364 g/mol. The number of rotatable bonds is 6. The molecule has 154 valence electrons. The van der Waals surface area contributed by atoms with Crippen molar-refractivity contribution in [2.75, 3.05) is 6.54 Å². The summed E-state index contributed by atoms with van der Waals surface area (Å²) in [5.41, 5.74) is 3.97. The van der Waals surface area contributed by atoms with E-state index in [2.05, 4.69) is 21.4 Å². The van der Waals surface area contributed by atoms with Gasteiger partial charge >= 0.3 is 0 Å². The molecule has 6 heteroatoms. The largest absolute Gasteiger partial charge is 0.354 e. The first-order valence-electron chi connectivity index (χ1n) is 11.0. The molecule has 2 aliphatic rings. The van der Waals surface area contributed by atoms with Crippen molar-refractivity contribution in [2.45, 2.75) is 77.2 Å². The van der Waals surface area contributed by atoms with Crippen LogP contribution in [0.4, 0.5) is 0 Å². The zero-order chi connectivity index (χ0) is 20.2. The molecule has 0 radical (unpaired) electrons. The van der Waals surface area contributed by atoms with Crippen LogP contribution in [0.5, 0.6) is 0 Å². The summed E-state index contributed by atoms with van der Waals surface area (Å²) in [6.07, 6.45) is 14.2. The minimum Gasteiger partial charge on any atom is -0.354 e. The second-order valence-electron chi connectivity index (χ2n) is 8.20. The molecule has 0 saturated carbocycles. The predicted molar refractivity (Wildman–Crippen MR) is 114 cm³/mol. The SMILES string of the molecule is CC[C@@H](C(=O)NCCC1=CCCCC1)n1cnc2nc3c(cc2c1=O)CCCC3. The minimum absolute atomic E-state index is 0.113. The monoisotopic (exact) mass is 394 g/mol. The summed E-state index contributed by atoms with van der Waals surface area (Å²) in [7, 11) is 0. The van der Waals surface area contributed by atoms with Crippen LogP contribution >= 0.6 is 0 Å². The average molecular weight is 395 g/mol.